The molecule has 12 heavy (non-hydrogen) atoms. The minimum atomic E-state index is -0.186. The van der Waals surface area contributed by atoms with E-state index in [2.05, 4.69) is 18.4 Å². The zero-order valence-electron chi connectivity index (χ0n) is 7.85. The smallest absolute Gasteiger partial charge is 0.0906 e. The Hall–Kier alpha value is -0.370. The lowest BCUT2D eigenvalue weighted by Crippen LogP contribution is -2.22. The summed E-state index contributed by atoms with van der Waals surface area (Å²) < 4.78 is 11.9. The van der Waals surface area contributed by atoms with Gasteiger partial charge in [0.15, 0.2) is 0 Å². The highest BCUT2D eigenvalue weighted by Crippen LogP contribution is 2.21. The van der Waals surface area contributed by atoms with Crippen LogP contribution in [0.1, 0.15) is 19.8 Å². The van der Waals surface area contributed by atoms with Gasteiger partial charge in [0.2, 0.25) is 0 Å². The summed E-state index contributed by atoms with van der Waals surface area (Å²) >= 11 is 0. The van der Waals surface area contributed by atoms with Crippen molar-refractivity contribution in [3.05, 3.63) is 12.2 Å². The van der Waals surface area contributed by atoms with Crippen LogP contribution in [0.3, 0.4) is 0 Å². The molecule has 70 valence electrons. The molecule has 1 nitrogen and oxygen atoms in total. The van der Waals surface area contributed by atoms with Crippen molar-refractivity contribution in [2.24, 2.45) is 5.92 Å². The molecule has 0 aliphatic carbocycles. The van der Waals surface area contributed by atoms with E-state index in [9.17, 15) is 4.39 Å². The van der Waals surface area contributed by atoms with Gasteiger partial charge in [0.1, 0.15) is 0 Å². The van der Waals surface area contributed by atoms with Gasteiger partial charge >= 0.3 is 0 Å². The molecule has 1 heterocycles. The summed E-state index contributed by atoms with van der Waals surface area (Å²) in [6.07, 6.45) is 1.89. The van der Waals surface area contributed by atoms with E-state index in [1.807, 2.05) is 0 Å². The Balaban J connectivity index is 2.21. The molecule has 0 radical (unpaired) electrons. The second-order valence-corrected chi connectivity index (χ2v) is 3.68. The van der Waals surface area contributed by atoms with Crippen molar-refractivity contribution in [3.63, 3.8) is 0 Å². The third-order valence-electron chi connectivity index (χ3n) is 2.58. The van der Waals surface area contributed by atoms with E-state index in [4.69, 9.17) is 0 Å². The average molecular weight is 171 g/mol. The first kappa shape index (κ1) is 9.72. The number of hydrogen-bond donors (Lipinski definition) is 0. The van der Waals surface area contributed by atoms with E-state index in [0.29, 0.717) is 12.3 Å². The molecule has 1 fully saturated rings. The highest BCUT2D eigenvalue weighted by Gasteiger charge is 2.21. The fraction of sp³-hybridized carbons (Fsp3) is 0.800. The summed E-state index contributed by atoms with van der Waals surface area (Å²) in [5.41, 5.74) is 1.28. The lowest BCUT2D eigenvalue weighted by Gasteiger charge is -2.14. The van der Waals surface area contributed by atoms with Crippen molar-refractivity contribution >= 4 is 0 Å². The van der Waals surface area contributed by atoms with Crippen LogP contribution in [-0.4, -0.2) is 31.2 Å². The van der Waals surface area contributed by atoms with Crippen molar-refractivity contribution in [1.82, 2.24) is 4.90 Å². The lowest BCUT2D eigenvalue weighted by atomic mass is 10.0. The first-order valence-corrected chi connectivity index (χ1v) is 4.67. The Morgan fingerprint density at radius 1 is 1.67 bits per heavy atom. The van der Waals surface area contributed by atoms with E-state index >= 15 is 0 Å². The largest absolute Gasteiger partial charge is 0.303 e. The van der Waals surface area contributed by atoms with Crippen LogP contribution in [0, 0.1) is 5.92 Å². The summed E-state index contributed by atoms with van der Waals surface area (Å²) in [4.78, 5) is 2.33. The van der Waals surface area contributed by atoms with Crippen molar-refractivity contribution in [3.8, 4) is 0 Å². The zero-order chi connectivity index (χ0) is 8.97. The first-order valence-electron chi connectivity index (χ1n) is 4.67. The van der Waals surface area contributed by atoms with E-state index < -0.39 is 0 Å². The van der Waals surface area contributed by atoms with Crippen LogP contribution >= 0.6 is 0 Å². The molecule has 1 atom stereocenters. The van der Waals surface area contributed by atoms with E-state index in [1.165, 1.54) is 12.0 Å². The predicted octanol–water partition coefficient (Wildman–Crippen LogP) is 2.24. The van der Waals surface area contributed by atoms with Gasteiger partial charge < -0.3 is 4.90 Å². The Kier molecular flexibility index (Phi) is 3.73. The maximum absolute atomic E-state index is 11.9. The maximum atomic E-state index is 11.9. The lowest BCUT2D eigenvalue weighted by molar-refractivity contribution is 0.306. The van der Waals surface area contributed by atoms with Crippen molar-refractivity contribution < 1.29 is 4.39 Å². The van der Waals surface area contributed by atoms with Crippen molar-refractivity contribution in [1.29, 1.82) is 0 Å². The van der Waals surface area contributed by atoms with Gasteiger partial charge in [-0.05, 0) is 32.2 Å². The summed E-state index contributed by atoms with van der Waals surface area (Å²) in [6, 6.07) is 0. The second-order valence-electron chi connectivity index (χ2n) is 3.68. The molecule has 0 saturated carbocycles. The van der Waals surface area contributed by atoms with Crippen molar-refractivity contribution in [2.75, 3.05) is 26.3 Å². The predicted molar refractivity (Wildman–Crippen MR) is 50.0 cm³/mol. The Labute approximate surface area is 74.3 Å². The second kappa shape index (κ2) is 4.61. The molecule has 1 aliphatic rings. The SMILES string of the molecule is C=C(C)[C@H]1CCN(CCCF)C1. The van der Waals surface area contributed by atoms with Crippen LogP contribution in [0.5, 0.6) is 0 Å². The van der Waals surface area contributed by atoms with Gasteiger partial charge in [-0.15, -0.1) is 0 Å². The zero-order valence-corrected chi connectivity index (χ0v) is 7.85. The van der Waals surface area contributed by atoms with Gasteiger partial charge in [0.05, 0.1) is 6.67 Å². The molecular weight excluding hydrogens is 153 g/mol. The monoisotopic (exact) mass is 171 g/mol. The molecule has 0 N–H and O–H groups in total. The van der Waals surface area contributed by atoms with E-state index in [0.717, 1.165) is 19.6 Å². The summed E-state index contributed by atoms with van der Waals surface area (Å²) in [5, 5.41) is 0. The Morgan fingerprint density at radius 3 is 2.92 bits per heavy atom. The third kappa shape index (κ3) is 2.59. The van der Waals surface area contributed by atoms with Crippen molar-refractivity contribution in [2.45, 2.75) is 19.8 Å². The van der Waals surface area contributed by atoms with Crippen LogP contribution < -0.4 is 0 Å². The minimum absolute atomic E-state index is 0.186. The van der Waals surface area contributed by atoms with Crippen LogP contribution in [0.25, 0.3) is 0 Å². The molecule has 0 unspecified atom stereocenters. The van der Waals surface area contributed by atoms with Crippen LogP contribution in [0.2, 0.25) is 0 Å². The fourth-order valence-electron chi connectivity index (χ4n) is 1.72. The van der Waals surface area contributed by atoms with Gasteiger partial charge in [-0.2, -0.15) is 0 Å². The third-order valence-corrected chi connectivity index (χ3v) is 2.58. The average Bonchev–Trinajstić information content (AvgIpc) is 2.48. The number of alkyl halides is 1. The standard InChI is InChI=1S/C10H18FN/c1-9(2)10-4-7-12(8-10)6-3-5-11/h10H,1,3-8H2,2H3/t10-/m0/s1. The molecule has 0 amide bonds. The van der Waals surface area contributed by atoms with Gasteiger partial charge in [-0.25, -0.2) is 0 Å². The molecule has 1 saturated heterocycles. The minimum Gasteiger partial charge on any atom is -0.303 e. The first-order chi connectivity index (χ1) is 5.74. The molecular formula is C10H18FN. The summed E-state index contributed by atoms with van der Waals surface area (Å²) in [7, 11) is 0. The Morgan fingerprint density at radius 2 is 2.42 bits per heavy atom. The topological polar surface area (TPSA) is 3.24 Å². The highest BCUT2D eigenvalue weighted by molar-refractivity contribution is 5.00. The normalized spacial score (nSPS) is 24.7. The van der Waals surface area contributed by atoms with Gasteiger partial charge in [0.25, 0.3) is 0 Å². The number of halogens is 1. The summed E-state index contributed by atoms with van der Waals surface area (Å²) in [6.45, 7) is 8.98. The summed E-state index contributed by atoms with van der Waals surface area (Å²) in [5.74, 6) is 0.657. The molecule has 0 spiro atoms. The van der Waals surface area contributed by atoms with Gasteiger partial charge in [-0.1, -0.05) is 12.2 Å². The fourth-order valence-corrected chi connectivity index (χ4v) is 1.72. The molecule has 0 aromatic rings. The number of rotatable bonds is 4. The van der Waals surface area contributed by atoms with Gasteiger partial charge in [0, 0.05) is 13.1 Å². The molecule has 0 bridgehead atoms. The highest BCUT2D eigenvalue weighted by atomic mass is 19.1. The van der Waals surface area contributed by atoms with E-state index in [1.54, 1.807) is 0 Å². The maximum Gasteiger partial charge on any atom is 0.0906 e. The molecule has 1 rings (SSSR count). The Bertz CT molecular complexity index is 156. The van der Waals surface area contributed by atoms with Crippen LogP contribution in [-0.2, 0) is 0 Å². The van der Waals surface area contributed by atoms with Gasteiger partial charge in [-0.3, -0.25) is 4.39 Å². The number of likely N-dealkylation sites (tertiary alicyclic amines) is 1. The van der Waals surface area contributed by atoms with E-state index in [-0.39, 0.29) is 6.67 Å². The quantitative estimate of drug-likeness (QED) is 0.586. The van der Waals surface area contributed by atoms with Crippen LogP contribution in [0.15, 0.2) is 12.2 Å². The number of hydrogen-bond acceptors (Lipinski definition) is 1. The molecule has 1 aliphatic heterocycles. The molecule has 0 aromatic carbocycles. The number of nitrogens with zero attached hydrogens (tertiary/aromatic N) is 1. The van der Waals surface area contributed by atoms with Crippen LogP contribution in [0.4, 0.5) is 4.39 Å². The molecule has 0 aromatic heterocycles. The molecule has 2 heteroatoms.